The molecule has 76 valence electrons. The van der Waals surface area contributed by atoms with Gasteiger partial charge in [-0.25, -0.2) is 0 Å². The summed E-state index contributed by atoms with van der Waals surface area (Å²) in [5.41, 5.74) is 0. The first kappa shape index (κ1) is 11.0. The van der Waals surface area contributed by atoms with Crippen molar-refractivity contribution in [1.82, 2.24) is 0 Å². The maximum absolute atomic E-state index is 2.29. The highest BCUT2D eigenvalue weighted by molar-refractivity contribution is 5.04. The van der Waals surface area contributed by atoms with E-state index in [-0.39, 0.29) is 0 Å². The van der Waals surface area contributed by atoms with Crippen LogP contribution in [0.2, 0.25) is 0 Å². The lowest BCUT2D eigenvalue weighted by Crippen LogP contribution is -1.70. The lowest BCUT2D eigenvalue weighted by atomic mass is 10.2. The van der Waals surface area contributed by atoms with Gasteiger partial charge in [-0.1, -0.05) is 48.6 Å². The Morgan fingerprint density at radius 1 is 0.357 bits per heavy atom. The van der Waals surface area contributed by atoms with E-state index in [4.69, 9.17) is 0 Å². The molecule has 0 aromatic rings. The van der Waals surface area contributed by atoms with Crippen LogP contribution in [-0.2, 0) is 0 Å². The van der Waals surface area contributed by atoms with Crippen molar-refractivity contribution >= 4 is 0 Å². The molecular weight excluding hydrogens is 168 g/mol. The van der Waals surface area contributed by atoms with Gasteiger partial charge in [0.05, 0.1) is 0 Å². The smallest absolute Gasteiger partial charge is 0.0313 e. The first-order valence-corrected chi connectivity index (χ1v) is 5.62. The number of hydrogen-bond donors (Lipinski definition) is 0. The van der Waals surface area contributed by atoms with Crippen molar-refractivity contribution < 1.29 is 0 Å². The third-order valence-electron chi connectivity index (χ3n) is 2.22. The minimum Gasteiger partial charge on any atom is -0.0882 e. The Balaban J connectivity index is 2.34. The molecule has 0 unspecified atom stereocenters. The van der Waals surface area contributed by atoms with Crippen LogP contribution in [0.4, 0.5) is 0 Å². The predicted octanol–water partition coefficient (Wildman–Crippen LogP) is 4.57. The summed E-state index contributed by atoms with van der Waals surface area (Å²) in [6, 6.07) is 0. The summed E-state index contributed by atoms with van der Waals surface area (Å²) in [7, 11) is 0. The van der Waals surface area contributed by atoms with E-state index in [1.54, 1.807) is 0 Å². The van der Waals surface area contributed by atoms with E-state index in [1.165, 1.54) is 25.7 Å². The Bertz CT molecular complexity index is 202. The molecule has 0 aromatic carbocycles. The summed E-state index contributed by atoms with van der Waals surface area (Å²) < 4.78 is 0. The molecule has 0 spiro atoms. The molecule has 1 aliphatic rings. The summed E-state index contributed by atoms with van der Waals surface area (Å²) in [5, 5.41) is 0. The molecule has 0 bridgehead atoms. The molecule has 0 saturated heterocycles. The highest BCUT2D eigenvalue weighted by Crippen LogP contribution is 2.01. The van der Waals surface area contributed by atoms with Crippen LogP contribution in [0.1, 0.15) is 38.5 Å². The zero-order valence-electron chi connectivity index (χ0n) is 8.86. The van der Waals surface area contributed by atoms with Crippen LogP contribution in [0, 0.1) is 0 Å². The van der Waals surface area contributed by atoms with E-state index in [0.717, 1.165) is 12.8 Å². The average Bonchev–Trinajstić information content (AvgIpc) is 2.22. The minimum atomic E-state index is 1.16. The van der Waals surface area contributed by atoms with Crippen molar-refractivity contribution in [3.8, 4) is 0 Å². The van der Waals surface area contributed by atoms with Gasteiger partial charge in [0, 0.05) is 0 Å². The standard InChI is InChI=1S/C14H20/c1-2-4-6-8-10-12-14-13-11-9-7-5-3-1/h1-4,9-12H,5-8,13-14H2/b3-1?,4-2?,11-9-,12-10-. The fourth-order valence-corrected chi connectivity index (χ4v) is 1.40. The molecule has 1 aliphatic carbocycles. The molecule has 0 fully saturated rings. The maximum Gasteiger partial charge on any atom is -0.0313 e. The second kappa shape index (κ2) is 8.55. The fourth-order valence-electron chi connectivity index (χ4n) is 1.40. The SMILES string of the molecule is C1=CCC/C=C\CC/C=C\CCC=C1. The topological polar surface area (TPSA) is 0 Å². The molecule has 14 heavy (non-hydrogen) atoms. The molecule has 0 aliphatic heterocycles. The highest BCUT2D eigenvalue weighted by atomic mass is 13.9. The van der Waals surface area contributed by atoms with Crippen molar-refractivity contribution in [2.75, 3.05) is 0 Å². The summed E-state index contributed by atoms with van der Waals surface area (Å²) in [6.07, 6.45) is 25.0. The molecule has 0 saturated carbocycles. The summed E-state index contributed by atoms with van der Waals surface area (Å²) in [4.78, 5) is 0. The average molecular weight is 188 g/mol. The van der Waals surface area contributed by atoms with E-state index >= 15 is 0 Å². The minimum absolute atomic E-state index is 1.16. The molecule has 0 N–H and O–H groups in total. The molecule has 0 radical (unpaired) electrons. The van der Waals surface area contributed by atoms with E-state index < -0.39 is 0 Å². The largest absolute Gasteiger partial charge is 0.0882 e. The lowest BCUT2D eigenvalue weighted by Gasteiger charge is -1.90. The van der Waals surface area contributed by atoms with Gasteiger partial charge in [0.15, 0.2) is 0 Å². The van der Waals surface area contributed by atoms with Gasteiger partial charge in [-0.2, -0.15) is 0 Å². The Kier molecular flexibility index (Phi) is 6.74. The first-order valence-electron chi connectivity index (χ1n) is 5.62. The number of hydrogen-bond acceptors (Lipinski definition) is 0. The zero-order chi connectivity index (χ0) is 9.90. The molecule has 0 heterocycles. The Morgan fingerprint density at radius 3 is 1.00 bits per heavy atom. The van der Waals surface area contributed by atoms with Crippen LogP contribution in [0.25, 0.3) is 0 Å². The van der Waals surface area contributed by atoms with Crippen molar-refractivity contribution in [2.45, 2.75) is 38.5 Å². The van der Waals surface area contributed by atoms with Crippen LogP contribution in [0.5, 0.6) is 0 Å². The van der Waals surface area contributed by atoms with Crippen LogP contribution in [0.3, 0.4) is 0 Å². The van der Waals surface area contributed by atoms with Crippen LogP contribution in [-0.4, -0.2) is 0 Å². The molecular formula is C14H20. The number of rotatable bonds is 0. The summed E-state index contributed by atoms with van der Waals surface area (Å²) >= 11 is 0. The van der Waals surface area contributed by atoms with E-state index in [0.29, 0.717) is 0 Å². The highest BCUT2D eigenvalue weighted by Gasteiger charge is 1.80. The third kappa shape index (κ3) is 6.47. The van der Waals surface area contributed by atoms with E-state index in [2.05, 4.69) is 48.6 Å². The maximum atomic E-state index is 2.29. The van der Waals surface area contributed by atoms with Gasteiger partial charge in [-0.15, -0.1) is 0 Å². The lowest BCUT2D eigenvalue weighted by molar-refractivity contribution is 0.983. The summed E-state index contributed by atoms with van der Waals surface area (Å²) in [5.74, 6) is 0. The second-order valence-corrected chi connectivity index (χ2v) is 3.53. The molecule has 0 aromatic heterocycles. The van der Waals surface area contributed by atoms with E-state index in [9.17, 15) is 0 Å². The van der Waals surface area contributed by atoms with Gasteiger partial charge in [0.2, 0.25) is 0 Å². The molecule has 0 heteroatoms. The predicted molar refractivity (Wildman–Crippen MR) is 64.3 cm³/mol. The normalized spacial score (nSPS) is 24.0. The van der Waals surface area contributed by atoms with Crippen molar-refractivity contribution in [1.29, 1.82) is 0 Å². The summed E-state index contributed by atoms with van der Waals surface area (Å²) in [6.45, 7) is 0. The monoisotopic (exact) mass is 188 g/mol. The Hall–Kier alpha value is -1.04. The Morgan fingerprint density at radius 2 is 0.643 bits per heavy atom. The molecule has 0 amide bonds. The van der Waals surface area contributed by atoms with Gasteiger partial charge in [0.1, 0.15) is 0 Å². The van der Waals surface area contributed by atoms with Gasteiger partial charge in [0.25, 0.3) is 0 Å². The van der Waals surface area contributed by atoms with Crippen LogP contribution in [0.15, 0.2) is 48.6 Å². The van der Waals surface area contributed by atoms with Gasteiger partial charge in [-0.3, -0.25) is 0 Å². The molecule has 0 atom stereocenters. The quantitative estimate of drug-likeness (QED) is 0.489. The molecule has 1 rings (SSSR count). The molecule has 0 nitrogen and oxygen atoms in total. The van der Waals surface area contributed by atoms with Gasteiger partial charge < -0.3 is 0 Å². The third-order valence-corrected chi connectivity index (χ3v) is 2.22. The van der Waals surface area contributed by atoms with E-state index in [1.807, 2.05) is 0 Å². The van der Waals surface area contributed by atoms with Crippen LogP contribution >= 0.6 is 0 Å². The Labute approximate surface area is 87.7 Å². The fraction of sp³-hybridized carbons (Fsp3) is 0.429. The van der Waals surface area contributed by atoms with Crippen LogP contribution < -0.4 is 0 Å². The van der Waals surface area contributed by atoms with Gasteiger partial charge in [-0.05, 0) is 38.5 Å². The van der Waals surface area contributed by atoms with Crippen molar-refractivity contribution in [3.05, 3.63) is 48.6 Å². The van der Waals surface area contributed by atoms with Gasteiger partial charge >= 0.3 is 0 Å². The first-order chi connectivity index (χ1) is 7.00. The van der Waals surface area contributed by atoms with Crippen molar-refractivity contribution in [3.63, 3.8) is 0 Å². The second-order valence-electron chi connectivity index (χ2n) is 3.53. The zero-order valence-corrected chi connectivity index (χ0v) is 8.86. The number of allylic oxidation sites excluding steroid dienone is 8. The van der Waals surface area contributed by atoms with Crippen molar-refractivity contribution in [2.24, 2.45) is 0 Å².